The minimum atomic E-state index is -0.0483. The monoisotopic (exact) mass is 188 g/mol. The molecule has 2 nitrogen and oxygen atoms in total. The van der Waals surface area contributed by atoms with Crippen LogP contribution in [0.2, 0.25) is 0 Å². The first kappa shape index (κ1) is 9.00. The topological polar surface area (TPSA) is 26.3 Å². The molecule has 0 aliphatic heterocycles. The van der Waals surface area contributed by atoms with Crippen molar-refractivity contribution in [1.29, 1.82) is 0 Å². The third kappa shape index (κ3) is 1.43. The predicted molar refractivity (Wildman–Crippen MR) is 55.8 cm³/mol. The van der Waals surface area contributed by atoms with Gasteiger partial charge in [0.25, 0.3) is 0 Å². The molecule has 0 amide bonds. The molecular formula is C12H12O2. The van der Waals surface area contributed by atoms with E-state index in [0.29, 0.717) is 11.7 Å². The molecule has 2 rings (SSSR count). The Bertz CT molecular complexity index is 421. The van der Waals surface area contributed by atoms with E-state index in [4.69, 9.17) is 4.74 Å². The zero-order valence-corrected chi connectivity index (χ0v) is 8.07. The first-order chi connectivity index (χ1) is 6.83. The lowest BCUT2D eigenvalue weighted by molar-refractivity contribution is 0.404. The van der Waals surface area contributed by atoms with Crippen LogP contribution in [-0.2, 0) is 0 Å². The number of hydrogen-bond donors (Lipinski definition) is 0. The highest BCUT2D eigenvalue weighted by molar-refractivity contribution is 5.40. The number of allylic oxidation sites excluding steroid dienone is 2. The van der Waals surface area contributed by atoms with Crippen molar-refractivity contribution in [3.8, 4) is 5.75 Å². The molecule has 0 aromatic heterocycles. The van der Waals surface area contributed by atoms with Crippen LogP contribution in [0, 0.1) is 0 Å². The van der Waals surface area contributed by atoms with Crippen molar-refractivity contribution >= 4 is 0 Å². The maximum absolute atomic E-state index is 11.6. The minimum absolute atomic E-state index is 0.0483. The zero-order valence-electron chi connectivity index (χ0n) is 8.07. The summed E-state index contributed by atoms with van der Waals surface area (Å²) in [6.07, 6.45) is 5.19. The SMILES string of the molecule is COc1c(C2C=CC2)ccccc1=O. The third-order valence-corrected chi connectivity index (χ3v) is 2.48. The normalized spacial score (nSPS) is 18.8. The highest BCUT2D eigenvalue weighted by Crippen LogP contribution is 2.32. The Kier molecular flexibility index (Phi) is 2.35. The van der Waals surface area contributed by atoms with Crippen molar-refractivity contribution in [3.05, 3.63) is 52.2 Å². The van der Waals surface area contributed by atoms with Crippen LogP contribution >= 0.6 is 0 Å². The zero-order chi connectivity index (χ0) is 9.97. The van der Waals surface area contributed by atoms with Gasteiger partial charge in [-0.05, 0) is 12.5 Å². The highest BCUT2D eigenvalue weighted by atomic mass is 16.5. The van der Waals surface area contributed by atoms with E-state index in [0.717, 1.165) is 12.0 Å². The van der Waals surface area contributed by atoms with Gasteiger partial charge in [0.2, 0.25) is 5.43 Å². The summed E-state index contributed by atoms with van der Waals surface area (Å²) in [5, 5.41) is 0. The summed E-state index contributed by atoms with van der Waals surface area (Å²) in [5.74, 6) is 0.828. The molecule has 0 heterocycles. The molecule has 2 heteroatoms. The summed E-state index contributed by atoms with van der Waals surface area (Å²) in [7, 11) is 1.54. The molecule has 72 valence electrons. The number of hydrogen-bond acceptors (Lipinski definition) is 2. The molecule has 1 atom stereocenters. The van der Waals surface area contributed by atoms with Crippen molar-refractivity contribution in [2.45, 2.75) is 12.3 Å². The quantitative estimate of drug-likeness (QED) is 0.664. The Labute approximate surface area is 82.8 Å². The van der Waals surface area contributed by atoms with E-state index in [1.807, 2.05) is 12.1 Å². The van der Waals surface area contributed by atoms with Crippen LogP contribution in [-0.4, -0.2) is 7.11 Å². The average molecular weight is 188 g/mol. The fourth-order valence-corrected chi connectivity index (χ4v) is 1.61. The molecule has 0 fully saturated rings. The van der Waals surface area contributed by atoms with Gasteiger partial charge >= 0.3 is 0 Å². The second-order valence-corrected chi connectivity index (χ2v) is 3.34. The van der Waals surface area contributed by atoms with Crippen molar-refractivity contribution < 1.29 is 4.74 Å². The fourth-order valence-electron chi connectivity index (χ4n) is 1.61. The Morgan fingerprint density at radius 2 is 2.07 bits per heavy atom. The molecule has 1 aliphatic carbocycles. The number of methoxy groups -OCH3 is 1. The van der Waals surface area contributed by atoms with Gasteiger partial charge in [-0.1, -0.05) is 30.4 Å². The first-order valence-corrected chi connectivity index (χ1v) is 4.67. The molecule has 1 aliphatic rings. The molecule has 0 saturated carbocycles. The molecule has 0 saturated heterocycles. The summed E-state index contributed by atoms with van der Waals surface area (Å²) < 4.78 is 5.15. The molecular weight excluding hydrogens is 176 g/mol. The van der Waals surface area contributed by atoms with Crippen molar-refractivity contribution in [3.63, 3.8) is 0 Å². The lowest BCUT2D eigenvalue weighted by atomic mass is 9.88. The molecule has 0 bridgehead atoms. The predicted octanol–water partition coefficient (Wildman–Crippen LogP) is 2.10. The van der Waals surface area contributed by atoms with E-state index in [-0.39, 0.29) is 5.43 Å². The number of ether oxygens (including phenoxy) is 1. The molecule has 0 N–H and O–H groups in total. The summed E-state index contributed by atoms with van der Waals surface area (Å²) in [6, 6.07) is 7.11. The lowest BCUT2D eigenvalue weighted by Gasteiger charge is -2.18. The summed E-state index contributed by atoms with van der Waals surface area (Å²) in [6.45, 7) is 0. The maximum atomic E-state index is 11.6. The molecule has 0 radical (unpaired) electrons. The van der Waals surface area contributed by atoms with Crippen LogP contribution < -0.4 is 10.2 Å². The van der Waals surface area contributed by atoms with Crippen LogP contribution in [0.4, 0.5) is 0 Å². The summed E-state index contributed by atoms with van der Waals surface area (Å²) >= 11 is 0. The van der Waals surface area contributed by atoms with Crippen molar-refractivity contribution in [1.82, 2.24) is 0 Å². The highest BCUT2D eigenvalue weighted by Gasteiger charge is 2.17. The van der Waals surface area contributed by atoms with Gasteiger partial charge in [0, 0.05) is 11.5 Å². The largest absolute Gasteiger partial charge is 0.492 e. The van der Waals surface area contributed by atoms with Crippen molar-refractivity contribution in [2.24, 2.45) is 0 Å². The van der Waals surface area contributed by atoms with E-state index in [9.17, 15) is 4.79 Å². The number of rotatable bonds is 2. The van der Waals surface area contributed by atoms with Gasteiger partial charge < -0.3 is 4.74 Å². The molecule has 0 spiro atoms. The Morgan fingerprint density at radius 1 is 1.36 bits per heavy atom. The molecule has 1 aromatic carbocycles. The van der Waals surface area contributed by atoms with E-state index < -0.39 is 0 Å². The standard InChI is InChI=1S/C12H12O2/c1-14-12-10(9-5-4-6-9)7-2-3-8-11(12)13/h2-5,7-9H,6H2,1H3. The van der Waals surface area contributed by atoms with Crippen LogP contribution in [0.15, 0.2) is 41.2 Å². The van der Waals surface area contributed by atoms with Crippen LogP contribution in [0.3, 0.4) is 0 Å². The molecule has 1 unspecified atom stereocenters. The van der Waals surface area contributed by atoms with Gasteiger partial charge in [0.15, 0.2) is 5.75 Å². The van der Waals surface area contributed by atoms with E-state index in [1.165, 1.54) is 6.07 Å². The lowest BCUT2D eigenvalue weighted by Crippen LogP contribution is -2.08. The van der Waals surface area contributed by atoms with E-state index in [2.05, 4.69) is 12.2 Å². The van der Waals surface area contributed by atoms with Gasteiger partial charge in [0.05, 0.1) is 7.11 Å². The Hall–Kier alpha value is -1.57. The average Bonchev–Trinajstić information content (AvgIpc) is 2.25. The van der Waals surface area contributed by atoms with Crippen LogP contribution in [0.25, 0.3) is 0 Å². The Morgan fingerprint density at radius 3 is 2.64 bits per heavy atom. The van der Waals surface area contributed by atoms with Gasteiger partial charge in [-0.25, -0.2) is 0 Å². The Balaban J connectivity index is 2.58. The maximum Gasteiger partial charge on any atom is 0.220 e. The van der Waals surface area contributed by atoms with Crippen molar-refractivity contribution in [2.75, 3.05) is 7.11 Å². The van der Waals surface area contributed by atoms with E-state index in [1.54, 1.807) is 13.2 Å². The summed E-state index contributed by atoms with van der Waals surface area (Å²) in [5.41, 5.74) is 0.942. The van der Waals surface area contributed by atoms with Gasteiger partial charge in [-0.15, -0.1) is 0 Å². The van der Waals surface area contributed by atoms with Crippen LogP contribution in [0.1, 0.15) is 17.9 Å². The summed E-state index contributed by atoms with van der Waals surface area (Å²) in [4.78, 5) is 11.6. The van der Waals surface area contributed by atoms with E-state index >= 15 is 0 Å². The van der Waals surface area contributed by atoms with Gasteiger partial charge in [-0.2, -0.15) is 0 Å². The molecule has 1 aromatic rings. The minimum Gasteiger partial charge on any atom is -0.492 e. The van der Waals surface area contributed by atoms with Gasteiger partial charge in [-0.3, -0.25) is 4.79 Å². The first-order valence-electron chi connectivity index (χ1n) is 4.67. The van der Waals surface area contributed by atoms with Crippen LogP contribution in [0.5, 0.6) is 5.75 Å². The second-order valence-electron chi connectivity index (χ2n) is 3.34. The second kappa shape index (κ2) is 3.66. The fraction of sp³-hybridized carbons (Fsp3) is 0.250. The van der Waals surface area contributed by atoms with Gasteiger partial charge in [0.1, 0.15) is 0 Å². The smallest absolute Gasteiger partial charge is 0.220 e. The third-order valence-electron chi connectivity index (χ3n) is 2.48. The molecule has 14 heavy (non-hydrogen) atoms.